The number of rotatable bonds is 12. The zero-order valence-electron chi connectivity index (χ0n) is 22.2. The largest absolute Gasteiger partial charge is 0.354 e. The van der Waals surface area contributed by atoms with Gasteiger partial charge < -0.3 is 10.2 Å². The number of hydrogen-bond acceptors (Lipinski definition) is 4. The summed E-state index contributed by atoms with van der Waals surface area (Å²) in [5.41, 5.74) is 2.23. The van der Waals surface area contributed by atoms with E-state index in [0.717, 1.165) is 15.4 Å². The summed E-state index contributed by atoms with van der Waals surface area (Å²) in [4.78, 5) is 28.8. The summed E-state index contributed by atoms with van der Waals surface area (Å²) in [6.07, 6.45) is 0.935. The second-order valence-electron chi connectivity index (χ2n) is 9.29. The summed E-state index contributed by atoms with van der Waals surface area (Å²) in [7, 11) is -2.62. The van der Waals surface area contributed by atoms with Crippen LogP contribution in [0.15, 0.2) is 77.7 Å². The Morgan fingerprint density at radius 1 is 0.923 bits per heavy atom. The lowest BCUT2D eigenvalue weighted by Crippen LogP contribution is -2.53. The molecule has 208 valence electrons. The van der Waals surface area contributed by atoms with E-state index in [0.29, 0.717) is 28.6 Å². The maximum Gasteiger partial charge on any atom is 0.243 e. The molecule has 39 heavy (non-hydrogen) atoms. The second kappa shape index (κ2) is 13.9. The predicted octanol–water partition coefficient (Wildman–Crippen LogP) is 5.09. The fourth-order valence-corrected chi connectivity index (χ4v) is 5.67. The van der Waals surface area contributed by atoms with Crippen LogP contribution in [0.25, 0.3) is 0 Å². The van der Waals surface area contributed by atoms with Gasteiger partial charge in [-0.3, -0.25) is 9.59 Å². The molecule has 0 saturated heterocycles. The molecule has 0 radical (unpaired) electrons. The Labute approximate surface area is 240 Å². The smallest absolute Gasteiger partial charge is 0.243 e. The van der Waals surface area contributed by atoms with Gasteiger partial charge in [0.25, 0.3) is 0 Å². The first kappa shape index (κ1) is 30.6. The van der Waals surface area contributed by atoms with Crippen molar-refractivity contribution in [3.8, 4) is 0 Å². The molecule has 0 heterocycles. The number of halogens is 2. The van der Waals surface area contributed by atoms with Gasteiger partial charge in [0, 0.05) is 42.2 Å². The number of benzene rings is 3. The van der Waals surface area contributed by atoms with Gasteiger partial charge in [0.2, 0.25) is 21.8 Å². The average molecular weight is 591 g/mol. The minimum absolute atomic E-state index is 0.0747. The van der Waals surface area contributed by atoms with Crippen molar-refractivity contribution in [1.82, 2.24) is 14.5 Å². The van der Waals surface area contributed by atoms with Gasteiger partial charge in [0.15, 0.2) is 0 Å². The molecule has 0 bridgehead atoms. The SMILES string of the molecule is CCCNC(=O)[C@@H](Cc1ccccc1)N(Cc1c(Cl)cccc1Cl)C(=O)CN(C)S(=O)(=O)c1ccc(C)cc1. The van der Waals surface area contributed by atoms with Crippen LogP contribution in [0, 0.1) is 6.92 Å². The highest BCUT2D eigenvalue weighted by Gasteiger charge is 2.33. The molecule has 0 spiro atoms. The van der Waals surface area contributed by atoms with Crippen LogP contribution in [0.2, 0.25) is 10.0 Å². The average Bonchev–Trinajstić information content (AvgIpc) is 2.91. The summed E-state index contributed by atoms with van der Waals surface area (Å²) in [6, 6.07) is 19.8. The van der Waals surface area contributed by atoms with Crippen LogP contribution in [0.1, 0.15) is 30.0 Å². The summed E-state index contributed by atoms with van der Waals surface area (Å²) in [6.45, 7) is 3.67. The molecule has 3 aromatic carbocycles. The number of carbonyl (C=O) groups is 2. The number of likely N-dealkylation sites (N-methyl/N-ethyl adjacent to an activating group) is 1. The molecule has 0 aromatic heterocycles. The van der Waals surface area contributed by atoms with Crippen molar-refractivity contribution in [1.29, 1.82) is 0 Å². The van der Waals surface area contributed by atoms with E-state index < -0.39 is 28.5 Å². The maximum atomic E-state index is 13.9. The van der Waals surface area contributed by atoms with E-state index in [1.54, 1.807) is 30.3 Å². The number of aryl methyl sites for hydroxylation is 1. The van der Waals surface area contributed by atoms with E-state index in [9.17, 15) is 18.0 Å². The Balaban J connectivity index is 2.00. The Hall–Kier alpha value is -2.91. The number of nitrogens with zero attached hydrogens (tertiary/aromatic N) is 2. The van der Waals surface area contributed by atoms with Gasteiger partial charge in [0.1, 0.15) is 6.04 Å². The fraction of sp³-hybridized carbons (Fsp3) is 0.310. The summed E-state index contributed by atoms with van der Waals surface area (Å²) >= 11 is 12.9. The normalized spacial score (nSPS) is 12.3. The minimum Gasteiger partial charge on any atom is -0.354 e. The molecule has 1 N–H and O–H groups in total. The molecule has 2 amide bonds. The van der Waals surface area contributed by atoms with Gasteiger partial charge in [-0.15, -0.1) is 0 Å². The number of nitrogens with one attached hydrogen (secondary N) is 1. The highest BCUT2D eigenvalue weighted by molar-refractivity contribution is 7.89. The number of hydrogen-bond donors (Lipinski definition) is 1. The van der Waals surface area contributed by atoms with Gasteiger partial charge in [-0.05, 0) is 43.2 Å². The number of carbonyl (C=O) groups excluding carboxylic acids is 2. The van der Waals surface area contributed by atoms with Gasteiger partial charge in [-0.2, -0.15) is 4.31 Å². The molecule has 0 aliphatic carbocycles. The van der Waals surface area contributed by atoms with E-state index in [-0.39, 0.29) is 23.8 Å². The highest BCUT2D eigenvalue weighted by Crippen LogP contribution is 2.27. The first-order valence-electron chi connectivity index (χ1n) is 12.6. The molecule has 0 aliphatic rings. The topological polar surface area (TPSA) is 86.8 Å². The van der Waals surface area contributed by atoms with Crippen LogP contribution >= 0.6 is 23.2 Å². The molecule has 0 saturated carbocycles. The molecule has 1 atom stereocenters. The molecule has 0 fully saturated rings. The fourth-order valence-electron chi connectivity index (χ4n) is 4.03. The quantitative estimate of drug-likeness (QED) is 0.319. The Morgan fingerprint density at radius 2 is 1.54 bits per heavy atom. The maximum absolute atomic E-state index is 13.9. The lowest BCUT2D eigenvalue weighted by Gasteiger charge is -2.33. The Morgan fingerprint density at radius 3 is 2.13 bits per heavy atom. The van der Waals surface area contributed by atoms with Crippen molar-refractivity contribution in [2.75, 3.05) is 20.1 Å². The first-order valence-corrected chi connectivity index (χ1v) is 14.8. The molecule has 3 aromatic rings. The monoisotopic (exact) mass is 589 g/mol. The molecule has 0 aliphatic heterocycles. The van der Waals surface area contributed by atoms with E-state index >= 15 is 0 Å². The molecule has 10 heteroatoms. The molecular weight excluding hydrogens is 557 g/mol. The van der Waals surface area contributed by atoms with E-state index in [2.05, 4.69) is 5.32 Å². The Kier molecular flexibility index (Phi) is 10.9. The first-order chi connectivity index (χ1) is 18.5. The van der Waals surface area contributed by atoms with Crippen LogP contribution < -0.4 is 5.32 Å². The number of sulfonamides is 1. The van der Waals surface area contributed by atoms with Gasteiger partial charge in [-0.1, -0.05) is 84.2 Å². The van der Waals surface area contributed by atoms with Crippen molar-refractivity contribution < 1.29 is 18.0 Å². The lowest BCUT2D eigenvalue weighted by molar-refractivity contribution is -0.141. The van der Waals surface area contributed by atoms with Crippen molar-refractivity contribution in [2.45, 2.75) is 44.2 Å². The van der Waals surface area contributed by atoms with Crippen molar-refractivity contribution in [3.63, 3.8) is 0 Å². The van der Waals surface area contributed by atoms with Gasteiger partial charge in [-0.25, -0.2) is 8.42 Å². The second-order valence-corrected chi connectivity index (χ2v) is 12.2. The summed E-state index contributed by atoms with van der Waals surface area (Å²) in [5, 5.41) is 3.57. The Bertz CT molecular complexity index is 1360. The van der Waals surface area contributed by atoms with Gasteiger partial charge >= 0.3 is 0 Å². The third kappa shape index (κ3) is 8.05. The summed E-state index contributed by atoms with van der Waals surface area (Å²) < 4.78 is 27.5. The molecule has 0 unspecified atom stereocenters. The van der Waals surface area contributed by atoms with Crippen LogP contribution in [0.4, 0.5) is 0 Å². The van der Waals surface area contributed by atoms with Crippen LogP contribution in [0.5, 0.6) is 0 Å². The standard InChI is InChI=1S/C29H33Cl2N3O4S/c1-4-17-32-29(36)27(18-22-9-6-5-7-10-22)34(19-24-25(30)11-8-12-26(24)31)28(35)20-33(3)39(37,38)23-15-13-21(2)14-16-23/h5-16,27H,4,17-20H2,1-3H3,(H,32,36)/t27-/m1/s1. The van der Waals surface area contributed by atoms with E-state index in [1.165, 1.54) is 24.1 Å². The highest BCUT2D eigenvalue weighted by atomic mass is 35.5. The van der Waals surface area contributed by atoms with E-state index in [4.69, 9.17) is 23.2 Å². The number of amides is 2. The molecule has 3 rings (SSSR count). The zero-order valence-corrected chi connectivity index (χ0v) is 24.6. The molecular formula is C29H33Cl2N3O4S. The van der Waals surface area contributed by atoms with Gasteiger partial charge in [0.05, 0.1) is 11.4 Å². The van der Waals surface area contributed by atoms with Crippen LogP contribution in [-0.4, -0.2) is 55.6 Å². The molecule has 7 nitrogen and oxygen atoms in total. The van der Waals surface area contributed by atoms with Crippen molar-refractivity contribution >= 4 is 45.0 Å². The summed E-state index contributed by atoms with van der Waals surface area (Å²) in [5.74, 6) is -0.905. The third-order valence-electron chi connectivity index (χ3n) is 6.30. The van der Waals surface area contributed by atoms with Crippen molar-refractivity contribution in [2.24, 2.45) is 0 Å². The lowest BCUT2D eigenvalue weighted by atomic mass is 10.0. The third-order valence-corrected chi connectivity index (χ3v) is 8.82. The van der Waals surface area contributed by atoms with Crippen molar-refractivity contribution in [3.05, 3.63) is 99.5 Å². The van der Waals surface area contributed by atoms with Crippen LogP contribution in [0.3, 0.4) is 0 Å². The van der Waals surface area contributed by atoms with Crippen LogP contribution in [-0.2, 0) is 32.6 Å². The minimum atomic E-state index is -3.96. The zero-order chi connectivity index (χ0) is 28.6. The predicted molar refractivity (Wildman–Crippen MR) is 155 cm³/mol. The van der Waals surface area contributed by atoms with E-state index in [1.807, 2.05) is 44.2 Å².